The molecule has 1 aliphatic rings. The van der Waals surface area contributed by atoms with Crippen molar-refractivity contribution in [1.29, 1.82) is 0 Å². The summed E-state index contributed by atoms with van der Waals surface area (Å²) in [6.07, 6.45) is -2.83. The van der Waals surface area contributed by atoms with Crippen LogP contribution in [0.5, 0.6) is 11.5 Å². The first-order chi connectivity index (χ1) is 18.6. The minimum Gasteiger partial charge on any atom is -0.457 e. The zero-order valence-corrected chi connectivity index (χ0v) is 21.5. The maximum atomic E-state index is 12.8. The third-order valence-corrected chi connectivity index (χ3v) is 6.52. The van der Waals surface area contributed by atoms with Gasteiger partial charge in [-0.05, 0) is 49.5 Å². The van der Waals surface area contributed by atoms with Crippen molar-refractivity contribution in [2.45, 2.75) is 6.18 Å². The number of halogens is 3. The standard InChI is InChI=1S/C27H28F3N7O2/c1-35-11-13-37(14-12-35)17-25(38)34-24-16-21(9-10-31-24)39-20-7-8-23-22(15-20)33-26(36(23)2)32-19-5-3-18(4-6-19)27(28,29)30/h3-10,15-16H,11-14,17H2,1-2H3,(H,32,33)(H,31,34,38). The first kappa shape index (κ1) is 26.4. The molecule has 2 aromatic carbocycles. The molecule has 9 nitrogen and oxygen atoms in total. The highest BCUT2D eigenvalue weighted by atomic mass is 19.4. The average Bonchev–Trinajstić information content (AvgIpc) is 3.19. The Kier molecular flexibility index (Phi) is 7.40. The van der Waals surface area contributed by atoms with E-state index >= 15 is 0 Å². The molecule has 3 heterocycles. The number of hydrogen-bond donors (Lipinski definition) is 2. The van der Waals surface area contributed by atoms with Crippen LogP contribution in [-0.4, -0.2) is 70.0 Å². The molecular weight excluding hydrogens is 511 g/mol. The number of ether oxygens (including phenoxy) is 1. The summed E-state index contributed by atoms with van der Waals surface area (Å²) in [6, 6.07) is 13.5. The van der Waals surface area contributed by atoms with Crippen molar-refractivity contribution in [2.75, 3.05) is 50.4 Å². The number of rotatable bonds is 7. The largest absolute Gasteiger partial charge is 0.457 e. The van der Waals surface area contributed by atoms with E-state index in [1.54, 1.807) is 35.0 Å². The molecule has 1 saturated heterocycles. The number of hydrogen-bond acceptors (Lipinski definition) is 7. The Balaban J connectivity index is 1.24. The van der Waals surface area contributed by atoms with Gasteiger partial charge in [0, 0.05) is 57.2 Å². The summed E-state index contributed by atoms with van der Waals surface area (Å²) >= 11 is 0. The minimum atomic E-state index is -4.39. The number of anilines is 3. The molecule has 0 aliphatic carbocycles. The number of carbonyl (C=O) groups is 1. The number of nitrogens with zero attached hydrogens (tertiary/aromatic N) is 5. The highest BCUT2D eigenvalue weighted by molar-refractivity contribution is 5.91. The molecule has 4 aromatic rings. The van der Waals surface area contributed by atoms with Gasteiger partial charge in [0.05, 0.1) is 23.1 Å². The second-order valence-corrected chi connectivity index (χ2v) is 9.45. The smallest absolute Gasteiger partial charge is 0.416 e. The molecule has 204 valence electrons. The van der Waals surface area contributed by atoms with Crippen LogP contribution in [0.3, 0.4) is 0 Å². The van der Waals surface area contributed by atoms with Crippen molar-refractivity contribution in [3.05, 3.63) is 66.4 Å². The number of pyridine rings is 1. The number of alkyl halides is 3. The quantitative estimate of drug-likeness (QED) is 0.352. The SMILES string of the molecule is CN1CCN(CC(=O)Nc2cc(Oc3ccc4c(c3)nc(Nc3ccc(C(F)(F)F)cc3)n4C)ccn2)CC1. The Morgan fingerprint density at radius 2 is 1.69 bits per heavy atom. The van der Waals surface area contributed by atoms with Gasteiger partial charge >= 0.3 is 6.18 Å². The summed E-state index contributed by atoms with van der Waals surface area (Å²) in [5.41, 5.74) is 1.22. The third-order valence-electron chi connectivity index (χ3n) is 6.52. The fraction of sp³-hybridized carbons (Fsp3) is 0.296. The van der Waals surface area contributed by atoms with Crippen LogP contribution in [0.2, 0.25) is 0 Å². The zero-order chi connectivity index (χ0) is 27.6. The molecule has 1 fully saturated rings. The second kappa shape index (κ2) is 10.9. The maximum absolute atomic E-state index is 12.8. The maximum Gasteiger partial charge on any atom is 0.416 e. The van der Waals surface area contributed by atoms with Crippen LogP contribution in [0.15, 0.2) is 60.8 Å². The topological polar surface area (TPSA) is 87.5 Å². The average molecular weight is 540 g/mol. The van der Waals surface area contributed by atoms with Gasteiger partial charge in [-0.2, -0.15) is 13.2 Å². The molecule has 2 N–H and O–H groups in total. The van der Waals surface area contributed by atoms with Gasteiger partial charge in [0.2, 0.25) is 11.9 Å². The van der Waals surface area contributed by atoms with Crippen molar-refractivity contribution in [3.8, 4) is 11.5 Å². The molecular formula is C27H28F3N7O2. The number of benzene rings is 2. The second-order valence-electron chi connectivity index (χ2n) is 9.45. The van der Waals surface area contributed by atoms with E-state index in [0.717, 1.165) is 43.8 Å². The van der Waals surface area contributed by atoms with Gasteiger partial charge in [0.15, 0.2) is 0 Å². The van der Waals surface area contributed by atoms with Crippen LogP contribution >= 0.6 is 0 Å². The van der Waals surface area contributed by atoms with Gasteiger partial charge in [0.1, 0.15) is 17.3 Å². The highest BCUT2D eigenvalue weighted by Gasteiger charge is 2.30. The van der Waals surface area contributed by atoms with E-state index in [0.29, 0.717) is 41.0 Å². The Morgan fingerprint density at radius 1 is 0.974 bits per heavy atom. The van der Waals surface area contributed by atoms with Crippen molar-refractivity contribution in [2.24, 2.45) is 7.05 Å². The van der Waals surface area contributed by atoms with Crippen molar-refractivity contribution in [1.82, 2.24) is 24.3 Å². The van der Waals surface area contributed by atoms with E-state index in [4.69, 9.17) is 4.74 Å². The lowest BCUT2D eigenvalue weighted by molar-refractivity contribution is -0.137. The van der Waals surface area contributed by atoms with Crippen molar-refractivity contribution >= 4 is 34.4 Å². The van der Waals surface area contributed by atoms with Gasteiger partial charge in [-0.3, -0.25) is 9.69 Å². The van der Waals surface area contributed by atoms with E-state index in [1.807, 2.05) is 13.1 Å². The van der Waals surface area contributed by atoms with Gasteiger partial charge in [-0.15, -0.1) is 0 Å². The van der Waals surface area contributed by atoms with Gasteiger partial charge < -0.3 is 24.8 Å². The summed E-state index contributed by atoms with van der Waals surface area (Å²) in [5.74, 6) is 1.76. The molecule has 0 radical (unpaired) electrons. The first-order valence-electron chi connectivity index (χ1n) is 12.4. The monoisotopic (exact) mass is 539 g/mol. The Hall–Kier alpha value is -4.16. The number of piperazine rings is 1. The molecule has 1 amide bonds. The number of aryl methyl sites for hydroxylation is 1. The summed E-state index contributed by atoms with van der Waals surface area (Å²) < 4.78 is 46.3. The molecule has 0 saturated carbocycles. The molecule has 2 aromatic heterocycles. The van der Waals surface area contributed by atoms with Gasteiger partial charge in [0.25, 0.3) is 0 Å². The zero-order valence-electron chi connectivity index (χ0n) is 21.5. The Bertz CT molecular complexity index is 1460. The summed E-state index contributed by atoms with van der Waals surface area (Å²) in [6.45, 7) is 3.86. The number of likely N-dealkylation sites (N-methyl/N-ethyl adjacent to an activating group) is 1. The van der Waals surface area contributed by atoms with Gasteiger partial charge in [-0.25, -0.2) is 9.97 Å². The van der Waals surface area contributed by atoms with E-state index in [-0.39, 0.29) is 5.91 Å². The fourth-order valence-corrected chi connectivity index (χ4v) is 4.30. The first-order valence-corrected chi connectivity index (χ1v) is 12.4. The number of amides is 1. The Morgan fingerprint density at radius 3 is 2.41 bits per heavy atom. The number of fused-ring (bicyclic) bond motifs is 1. The minimum absolute atomic E-state index is 0.132. The molecule has 39 heavy (non-hydrogen) atoms. The highest BCUT2D eigenvalue weighted by Crippen LogP contribution is 2.31. The predicted octanol–water partition coefficient (Wildman–Crippen LogP) is 4.71. The number of nitrogens with one attached hydrogen (secondary N) is 2. The van der Waals surface area contributed by atoms with Crippen LogP contribution in [0.4, 0.5) is 30.6 Å². The number of carbonyl (C=O) groups excluding carboxylic acids is 1. The number of aromatic nitrogens is 3. The van der Waals surface area contributed by atoms with Gasteiger partial charge in [-0.1, -0.05) is 0 Å². The molecule has 0 spiro atoms. The molecule has 1 aliphatic heterocycles. The van der Waals surface area contributed by atoms with Crippen molar-refractivity contribution in [3.63, 3.8) is 0 Å². The molecule has 0 bridgehead atoms. The van der Waals surface area contributed by atoms with E-state index < -0.39 is 11.7 Å². The van der Waals surface area contributed by atoms with Crippen LogP contribution < -0.4 is 15.4 Å². The lowest BCUT2D eigenvalue weighted by atomic mass is 10.2. The fourth-order valence-electron chi connectivity index (χ4n) is 4.30. The number of imidazole rings is 1. The third kappa shape index (κ3) is 6.47. The van der Waals surface area contributed by atoms with Crippen LogP contribution in [-0.2, 0) is 18.0 Å². The molecule has 12 heteroatoms. The molecule has 5 rings (SSSR count). The lowest BCUT2D eigenvalue weighted by Crippen LogP contribution is -2.47. The predicted molar refractivity (Wildman–Crippen MR) is 142 cm³/mol. The van der Waals surface area contributed by atoms with Crippen molar-refractivity contribution < 1.29 is 22.7 Å². The Labute approximate surface area is 223 Å². The molecule has 0 atom stereocenters. The van der Waals surface area contributed by atoms with Crippen LogP contribution in [0, 0.1) is 0 Å². The molecule has 0 unspecified atom stereocenters. The summed E-state index contributed by atoms with van der Waals surface area (Å²) in [5, 5.41) is 5.89. The van der Waals surface area contributed by atoms with E-state index in [1.165, 1.54) is 12.1 Å². The summed E-state index contributed by atoms with van der Waals surface area (Å²) in [4.78, 5) is 25.6. The summed E-state index contributed by atoms with van der Waals surface area (Å²) in [7, 11) is 3.87. The van der Waals surface area contributed by atoms with Crippen LogP contribution in [0.1, 0.15) is 5.56 Å². The van der Waals surface area contributed by atoms with E-state index in [2.05, 4.69) is 37.4 Å². The van der Waals surface area contributed by atoms with Crippen LogP contribution in [0.25, 0.3) is 11.0 Å². The normalized spacial score (nSPS) is 14.9. The van der Waals surface area contributed by atoms with E-state index in [9.17, 15) is 18.0 Å². The lowest BCUT2D eigenvalue weighted by Gasteiger charge is -2.31.